The maximum atomic E-state index is 12.2. The highest BCUT2D eigenvalue weighted by molar-refractivity contribution is 9.10. The molecule has 0 fully saturated rings. The number of hydrogen-bond acceptors (Lipinski definition) is 5. The van der Waals surface area contributed by atoms with Crippen LogP contribution in [-0.4, -0.2) is 25.8 Å². The zero-order valence-corrected chi connectivity index (χ0v) is 22.4. The van der Waals surface area contributed by atoms with Gasteiger partial charge in [-0.15, -0.1) is 0 Å². The lowest BCUT2D eigenvalue weighted by Crippen LogP contribution is -2.25. The first-order valence-corrected chi connectivity index (χ1v) is 12.2. The molecule has 3 rings (SSSR count). The van der Waals surface area contributed by atoms with E-state index < -0.39 is 0 Å². The molecule has 0 saturated heterocycles. The number of carbonyl (C=O) groups is 1. The van der Waals surface area contributed by atoms with Crippen LogP contribution in [0.3, 0.4) is 0 Å². The number of nitrogens with zero attached hydrogens (tertiary/aromatic N) is 1. The number of benzene rings is 3. The van der Waals surface area contributed by atoms with Gasteiger partial charge in [0.2, 0.25) is 0 Å². The van der Waals surface area contributed by atoms with Crippen molar-refractivity contribution in [3.8, 4) is 17.2 Å². The van der Waals surface area contributed by atoms with Gasteiger partial charge in [-0.3, -0.25) is 4.79 Å². The first kappa shape index (κ1) is 26.6. The Kier molecular flexibility index (Phi) is 9.57. The number of ether oxygens (including phenoxy) is 3. The van der Waals surface area contributed by atoms with E-state index in [4.69, 9.17) is 25.8 Å². The molecule has 0 aromatic heterocycles. The van der Waals surface area contributed by atoms with Gasteiger partial charge >= 0.3 is 0 Å². The molecule has 0 saturated carbocycles. The molecule has 1 amide bonds. The second-order valence-electron chi connectivity index (χ2n) is 8.17. The highest BCUT2D eigenvalue weighted by Crippen LogP contribution is 2.32. The number of methoxy groups -OCH3 is 1. The van der Waals surface area contributed by atoms with Crippen LogP contribution in [0.5, 0.6) is 17.2 Å². The quantitative estimate of drug-likeness (QED) is 0.223. The number of carbonyl (C=O) groups excluding carboxylic acids is 1. The van der Waals surface area contributed by atoms with Crippen molar-refractivity contribution < 1.29 is 19.0 Å². The molecule has 0 spiro atoms. The molecule has 8 heteroatoms. The minimum Gasteiger partial charge on any atom is -0.493 e. The third kappa shape index (κ3) is 7.47. The van der Waals surface area contributed by atoms with Gasteiger partial charge in [0.1, 0.15) is 12.4 Å². The topological polar surface area (TPSA) is 69.2 Å². The fourth-order valence-corrected chi connectivity index (χ4v) is 3.81. The maximum Gasteiger partial charge on any atom is 0.277 e. The van der Waals surface area contributed by atoms with Gasteiger partial charge in [-0.25, -0.2) is 5.43 Å². The molecule has 1 N–H and O–H groups in total. The summed E-state index contributed by atoms with van der Waals surface area (Å²) in [6.07, 6.45) is 1.53. The van der Waals surface area contributed by atoms with E-state index in [0.717, 1.165) is 26.7 Å². The van der Waals surface area contributed by atoms with Gasteiger partial charge in [0, 0.05) is 15.1 Å². The summed E-state index contributed by atoms with van der Waals surface area (Å²) in [5.41, 5.74) is 6.17. The second kappa shape index (κ2) is 12.6. The summed E-state index contributed by atoms with van der Waals surface area (Å²) in [6.45, 7) is 6.31. The summed E-state index contributed by atoms with van der Waals surface area (Å²) in [6, 6.07) is 16.8. The van der Waals surface area contributed by atoms with Crippen molar-refractivity contribution in [1.82, 2.24) is 5.43 Å². The van der Waals surface area contributed by atoms with Crippen LogP contribution in [0.4, 0.5) is 0 Å². The van der Waals surface area contributed by atoms with E-state index in [-0.39, 0.29) is 18.4 Å². The first-order chi connectivity index (χ1) is 16.8. The molecule has 0 aliphatic carbocycles. The van der Waals surface area contributed by atoms with Crippen LogP contribution in [-0.2, 0) is 11.4 Å². The van der Waals surface area contributed by atoms with Gasteiger partial charge in [-0.05, 0) is 65.9 Å². The number of hydrazone groups is 1. The fourth-order valence-electron chi connectivity index (χ4n) is 3.26. The minimum absolute atomic E-state index is 0.143. The van der Waals surface area contributed by atoms with Gasteiger partial charge in [0.15, 0.2) is 18.1 Å². The highest BCUT2D eigenvalue weighted by Gasteiger charge is 2.12. The number of amides is 1. The van der Waals surface area contributed by atoms with E-state index in [0.29, 0.717) is 28.9 Å². The molecule has 0 atom stereocenters. The molecule has 0 unspecified atom stereocenters. The van der Waals surface area contributed by atoms with Crippen LogP contribution >= 0.6 is 27.5 Å². The van der Waals surface area contributed by atoms with Crippen molar-refractivity contribution in [3.63, 3.8) is 0 Å². The van der Waals surface area contributed by atoms with Crippen LogP contribution in [0, 0.1) is 6.92 Å². The summed E-state index contributed by atoms with van der Waals surface area (Å²) in [4.78, 5) is 12.2. The van der Waals surface area contributed by atoms with Gasteiger partial charge in [0.25, 0.3) is 5.91 Å². The highest BCUT2D eigenvalue weighted by atomic mass is 79.9. The predicted molar refractivity (Wildman–Crippen MR) is 143 cm³/mol. The Morgan fingerprint density at radius 3 is 2.57 bits per heavy atom. The normalized spacial score (nSPS) is 11.1. The Bertz CT molecular complexity index is 1210. The molecule has 35 heavy (non-hydrogen) atoms. The largest absolute Gasteiger partial charge is 0.493 e. The molecule has 0 bridgehead atoms. The average Bonchev–Trinajstić information content (AvgIpc) is 2.84. The van der Waals surface area contributed by atoms with Crippen molar-refractivity contribution in [3.05, 3.63) is 86.3 Å². The molecule has 184 valence electrons. The van der Waals surface area contributed by atoms with Crippen LogP contribution < -0.4 is 19.6 Å². The smallest absolute Gasteiger partial charge is 0.277 e. The summed E-state index contributed by atoms with van der Waals surface area (Å²) in [7, 11) is 1.56. The second-order valence-corrected chi connectivity index (χ2v) is 9.43. The fraction of sp³-hybridized carbons (Fsp3) is 0.259. The van der Waals surface area contributed by atoms with Crippen molar-refractivity contribution in [2.75, 3.05) is 13.7 Å². The molecule has 3 aromatic carbocycles. The molecular weight excluding hydrogens is 532 g/mol. The summed E-state index contributed by atoms with van der Waals surface area (Å²) >= 11 is 9.74. The average molecular weight is 560 g/mol. The molecule has 3 aromatic rings. The van der Waals surface area contributed by atoms with Crippen molar-refractivity contribution in [1.29, 1.82) is 0 Å². The van der Waals surface area contributed by atoms with Crippen molar-refractivity contribution >= 4 is 39.7 Å². The summed E-state index contributed by atoms with van der Waals surface area (Å²) < 4.78 is 18.1. The van der Waals surface area contributed by atoms with Crippen molar-refractivity contribution in [2.45, 2.75) is 33.3 Å². The third-order valence-electron chi connectivity index (χ3n) is 5.20. The van der Waals surface area contributed by atoms with E-state index in [1.165, 1.54) is 6.21 Å². The Labute approximate surface area is 219 Å². The lowest BCUT2D eigenvalue weighted by Gasteiger charge is -2.15. The van der Waals surface area contributed by atoms with E-state index >= 15 is 0 Å². The Morgan fingerprint density at radius 1 is 1.09 bits per heavy atom. The Morgan fingerprint density at radius 2 is 1.86 bits per heavy atom. The van der Waals surface area contributed by atoms with E-state index in [2.05, 4.69) is 40.3 Å². The zero-order valence-electron chi connectivity index (χ0n) is 20.1. The zero-order chi connectivity index (χ0) is 25.4. The van der Waals surface area contributed by atoms with E-state index in [1.54, 1.807) is 19.2 Å². The van der Waals surface area contributed by atoms with E-state index in [9.17, 15) is 4.79 Å². The predicted octanol–water partition coefficient (Wildman–Crippen LogP) is 6.65. The van der Waals surface area contributed by atoms with Crippen LogP contribution in [0.2, 0.25) is 5.02 Å². The van der Waals surface area contributed by atoms with Crippen LogP contribution in [0.25, 0.3) is 0 Å². The maximum absolute atomic E-state index is 12.2. The van der Waals surface area contributed by atoms with Gasteiger partial charge in [-0.1, -0.05) is 59.6 Å². The molecule has 6 nitrogen and oxygen atoms in total. The minimum atomic E-state index is -0.358. The van der Waals surface area contributed by atoms with E-state index in [1.807, 2.05) is 49.4 Å². The number of hydrogen-bond donors (Lipinski definition) is 1. The standard InChI is InChI=1S/C27H28BrClN2O4/c1-17(2)21-13-22(28)18(3)11-25(21)35-16-27(32)31-30-14-19-9-10-24(26(12-19)33-4)34-15-20-7-5-6-8-23(20)29/h5-14,17H,15-16H2,1-4H3,(H,31,32)/b30-14+. The number of aryl methyl sites for hydroxylation is 1. The third-order valence-corrected chi connectivity index (χ3v) is 6.43. The Balaban J connectivity index is 1.57. The van der Waals surface area contributed by atoms with Crippen molar-refractivity contribution in [2.24, 2.45) is 5.10 Å². The molecule has 0 aliphatic rings. The number of rotatable bonds is 10. The molecule has 0 heterocycles. The Hall–Kier alpha value is -3.03. The SMILES string of the molecule is COc1cc(/C=N/NC(=O)COc2cc(C)c(Br)cc2C(C)C)ccc1OCc1ccccc1Cl. The molecular formula is C27H28BrClN2O4. The molecule has 0 radical (unpaired) electrons. The van der Waals surface area contributed by atoms with Gasteiger partial charge < -0.3 is 14.2 Å². The lowest BCUT2D eigenvalue weighted by atomic mass is 10.0. The van der Waals surface area contributed by atoms with Gasteiger partial charge in [-0.2, -0.15) is 5.10 Å². The van der Waals surface area contributed by atoms with Crippen LogP contribution in [0.15, 0.2) is 64.2 Å². The summed E-state index contributed by atoms with van der Waals surface area (Å²) in [5, 5.41) is 4.67. The molecule has 0 aliphatic heterocycles. The number of nitrogens with one attached hydrogen (secondary N) is 1. The summed E-state index contributed by atoms with van der Waals surface area (Å²) in [5.74, 6) is 1.71. The number of halogens is 2. The monoisotopic (exact) mass is 558 g/mol. The van der Waals surface area contributed by atoms with Crippen LogP contribution in [0.1, 0.15) is 42.0 Å². The lowest BCUT2D eigenvalue weighted by molar-refractivity contribution is -0.123. The van der Waals surface area contributed by atoms with Gasteiger partial charge in [0.05, 0.1) is 13.3 Å². The first-order valence-electron chi connectivity index (χ1n) is 11.1.